The maximum Gasteiger partial charge on any atom is 0.179 e. The highest BCUT2D eigenvalue weighted by Gasteiger charge is 2.25. The van der Waals surface area contributed by atoms with E-state index in [-0.39, 0.29) is 10.6 Å². The van der Waals surface area contributed by atoms with Crippen LogP contribution in [0.2, 0.25) is 0 Å². The number of nitrogens with zero attached hydrogens (tertiary/aromatic N) is 2. The number of nitriles is 1. The Hall–Kier alpha value is -1.42. The molecule has 1 N–H and O–H groups in total. The van der Waals surface area contributed by atoms with Crippen LogP contribution < -0.4 is 5.32 Å². The van der Waals surface area contributed by atoms with Gasteiger partial charge in [-0.3, -0.25) is 0 Å². The van der Waals surface area contributed by atoms with Gasteiger partial charge in [-0.15, -0.1) is 0 Å². The van der Waals surface area contributed by atoms with E-state index in [9.17, 15) is 8.42 Å². The van der Waals surface area contributed by atoms with Gasteiger partial charge >= 0.3 is 0 Å². The summed E-state index contributed by atoms with van der Waals surface area (Å²) in [5.41, 5.74) is 0.370. The summed E-state index contributed by atoms with van der Waals surface area (Å²) in [6.45, 7) is 2.16. The first-order chi connectivity index (χ1) is 10.0. The van der Waals surface area contributed by atoms with Gasteiger partial charge in [-0.1, -0.05) is 6.07 Å². The first kappa shape index (κ1) is 16.0. The fraction of sp³-hybridized carbons (Fsp3) is 0.533. The fourth-order valence-electron chi connectivity index (χ4n) is 2.16. The predicted molar refractivity (Wildman–Crippen MR) is 81.7 cm³/mol. The Kier molecular flexibility index (Phi) is 5.34. The standard InChI is InChI=1S/C15H21N3O2S/c1-18(14-5-6-14)9-7-17-8-10-21(19,20)15-4-2-3-13(11-15)12-16/h2-4,11,14,17H,5-10H2,1H3. The fourth-order valence-corrected chi connectivity index (χ4v) is 3.40. The van der Waals surface area contributed by atoms with E-state index in [0.717, 1.165) is 19.1 Å². The normalized spacial score (nSPS) is 15.1. The van der Waals surface area contributed by atoms with Crippen LogP contribution in [0.15, 0.2) is 29.2 Å². The molecule has 0 spiro atoms. The van der Waals surface area contributed by atoms with Crippen molar-refractivity contribution in [3.05, 3.63) is 29.8 Å². The summed E-state index contributed by atoms with van der Waals surface area (Å²) in [4.78, 5) is 2.52. The van der Waals surface area contributed by atoms with Crippen molar-refractivity contribution in [2.24, 2.45) is 0 Å². The van der Waals surface area contributed by atoms with Gasteiger partial charge in [-0.05, 0) is 38.1 Å². The summed E-state index contributed by atoms with van der Waals surface area (Å²) in [7, 11) is -1.22. The van der Waals surface area contributed by atoms with Crippen LogP contribution in [0.3, 0.4) is 0 Å². The number of hydrogen-bond donors (Lipinski definition) is 1. The molecule has 1 fully saturated rings. The topological polar surface area (TPSA) is 73.2 Å². The van der Waals surface area contributed by atoms with Crippen molar-refractivity contribution in [3.8, 4) is 6.07 Å². The summed E-state index contributed by atoms with van der Waals surface area (Å²) in [5.74, 6) is 0.0506. The lowest BCUT2D eigenvalue weighted by Gasteiger charge is -2.15. The van der Waals surface area contributed by atoms with Crippen LogP contribution in [0, 0.1) is 11.3 Å². The zero-order chi connectivity index (χ0) is 15.3. The number of nitrogens with one attached hydrogen (secondary N) is 1. The van der Waals surface area contributed by atoms with Gasteiger partial charge in [0.2, 0.25) is 0 Å². The quantitative estimate of drug-likeness (QED) is 0.726. The van der Waals surface area contributed by atoms with E-state index >= 15 is 0 Å². The Morgan fingerprint density at radius 2 is 2.14 bits per heavy atom. The van der Waals surface area contributed by atoms with Gasteiger partial charge in [0.05, 0.1) is 22.3 Å². The Morgan fingerprint density at radius 3 is 2.81 bits per heavy atom. The number of sulfone groups is 1. The molecular weight excluding hydrogens is 286 g/mol. The maximum absolute atomic E-state index is 12.2. The second kappa shape index (κ2) is 7.03. The molecule has 2 rings (SSSR count). The summed E-state index contributed by atoms with van der Waals surface area (Å²) in [6, 6.07) is 8.85. The summed E-state index contributed by atoms with van der Waals surface area (Å²) in [5, 5.41) is 12.0. The molecule has 0 atom stereocenters. The lowest BCUT2D eigenvalue weighted by Crippen LogP contribution is -2.33. The van der Waals surface area contributed by atoms with E-state index in [4.69, 9.17) is 5.26 Å². The molecule has 6 heteroatoms. The Morgan fingerprint density at radius 1 is 1.38 bits per heavy atom. The monoisotopic (exact) mass is 307 g/mol. The maximum atomic E-state index is 12.2. The predicted octanol–water partition coefficient (Wildman–Crippen LogP) is 1.02. The third-order valence-corrected chi connectivity index (χ3v) is 5.40. The van der Waals surface area contributed by atoms with Crippen molar-refractivity contribution >= 4 is 9.84 Å². The molecule has 5 nitrogen and oxygen atoms in total. The second-order valence-electron chi connectivity index (χ2n) is 5.42. The highest BCUT2D eigenvalue weighted by molar-refractivity contribution is 7.91. The summed E-state index contributed by atoms with van der Waals surface area (Å²) in [6.07, 6.45) is 2.56. The molecule has 21 heavy (non-hydrogen) atoms. The van der Waals surface area contributed by atoms with Crippen molar-refractivity contribution < 1.29 is 8.42 Å². The molecule has 1 aromatic rings. The van der Waals surface area contributed by atoms with Crippen molar-refractivity contribution in [2.75, 3.05) is 32.4 Å². The van der Waals surface area contributed by atoms with E-state index in [0.29, 0.717) is 12.1 Å². The van der Waals surface area contributed by atoms with Gasteiger partial charge in [-0.25, -0.2) is 8.42 Å². The van der Waals surface area contributed by atoms with Gasteiger partial charge in [0, 0.05) is 25.7 Å². The average molecular weight is 307 g/mol. The zero-order valence-corrected chi connectivity index (χ0v) is 13.1. The smallest absolute Gasteiger partial charge is 0.179 e. The number of benzene rings is 1. The second-order valence-corrected chi connectivity index (χ2v) is 7.53. The Bertz CT molecular complexity index is 618. The van der Waals surface area contributed by atoms with Gasteiger partial charge in [-0.2, -0.15) is 5.26 Å². The molecular formula is C15H21N3O2S. The Labute approximate surface area is 126 Å². The van der Waals surface area contributed by atoms with E-state index in [1.807, 2.05) is 6.07 Å². The van der Waals surface area contributed by atoms with Gasteiger partial charge < -0.3 is 10.2 Å². The van der Waals surface area contributed by atoms with Crippen LogP contribution in [0.5, 0.6) is 0 Å². The Balaban J connectivity index is 1.77. The molecule has 114 valence electrons. The summed E-state index contributed by atoms with van der Waals surface area (Å²) < 4.78 is 24.3. The van der Waals surface area contributed by atoms with Crippen LogP contribution in [-0.2, 0) is 9.84 Å². The van der Waals surface area contributed by atoms with Crippen molar-refractivity contribution in [2.45, 2.75) is 23.8 Å². The molecule has 0 heterocycles. The van der Waals surface area contributed by atoms with Crippen molar-refractivity contribution in [3.63, 3.8) is 0 Å². The lowest BCUT2D eigenvalue weighted by atomic mass is 10.2. The molecule has 1 aromatic carbocycles. The van der Waals surface area contributed by atoms with Crippen molar-refractivity contribution in [1.29, 1.82) is 5.26 Å². The first-order valence-corrected chi connectivity index (χ1v) is 8.82. The molecule has 0 saturated heterocycles. The molecule has 0 aromatic heterocycles. The van der Waals surface area contributed by atoms with E-state index < -0.39 is 9.84 Å². The molecule has 0 unspecified atom stereocenters. The third-order valence-electron chi connectivity index (χ3n) is 3.68. The number of likely N-dealkylation sites (N-methyl/N-ethyl adjacent to an activating group) is 1. The molecule has 1 aliphatic rings. The average Bonchev–Trinajstić information content (AvgIpc) is 3.31. The lowest BCUT2D eigenvalue weighted by molar-refractivity contribution is 0.323. The van der Waals surface area contributed by atoms with Crippen LogP contribution in [-0.4, -0.2) is 51.8 Å². The number of rotatable bonds is 8. The first-order valence-electron chi connectivity index (χ1n) is 7.17. The minimum Gasteiger partial charge on any atom is -0.314 e. The molecule has 0 radical (unpaired) electrons. The zero-order valence-electron chi connectivity index (χ0n) is 12.2. The van der Waals surface area contributed by atoms with E-state index in [1.165, 1.54) is 25.0 Å². The van der Waals surface area contributed by atoms with Crippen molar-refractivity contribution in [1.82, 2.24) is 10.2 Å². The molecule has 0 bridgehead atoms. The molecule has 0 amide bonds. The molecule has 0 aliphatic heterocycles. The van der Waals surface area contributed by atoms with Crippen LogP contribution in [0.4, 0.5) is 0 Å². The van der Waals surface area contributed by atoms with Crippen LogP contribution in [0.1, 0.15) is 18.4 Å². The highest BCUT2D eigenvalue weighted by atomic mass is 32.2. The molecule has 1 aliphatic carbocycles. The van der Waals surface area contributed by atoms with E-state index in [1.54, 1.807) is 12.1 Å². The van der Waals surface area contributed by atoms with E-state index in [2.05, 4.69) is 17.3 Å². The SMILES string of the molecule is CN(CCNCCS(=O)(=O)c1cccc(C#N)c1)C1CC1. The minimum absolute atomic E-state index is 0.0506. The van der Waals surface area contributed by atoms with Gasteiger partial charge in [0.15, 0.2) is 9.84 Å². The van der Waals surface area contributed by atoms with Crippen LogP contribution >= 0.6 is 0 Å². The highest BCUT2D eigenvalue weighted by Crippen LogP contribution is 2.24. The number of hydrogen-bond acceptors (Lipinski definition) is 5. The minimum atomic E-state index is -3.32. The van der Waals surface area contributed by atoms with Crippen LogP contribution in [0.25, 0.3) is 0 Å². The third kappa shape index (κ3) is 4.81. The van der Waals surface area contributed by atoms with Gasteiger partial charge in [0.25, 0.3) is 0 Å². The largest absolute Gasteiger partial charge is 0.314 e. The van der Waals surface area contributed by atoms with Gasteiger partial charge in [0.1, 0.15) is 0 Å². The summed E-state index contributed by atoms with van der Waals surface area (Å²) >= 11 is 0. The molecule has 1 saturated carbocycles.